The molecule has 5 nitrogen and oxygen atoms in total. The first-order valence-electron chi connectivity index (χ1n) is 6.71. The van der Waals surface area contributed by atoms with E-state index in [1.165, 1.54) is 13.0 Å². The molecule has 100 valence electrons. The van der Waals surface area contributed by atoms with Crippen LogP contribution in [0.1, 0.15) is 18.9 Å². The second-order valence-electron chi connectivity index (χ2n) is 4.85. The van der Waals surface area contributed by atoms with E-state index in [2.05, 4.69) is 46.0 Å². The van der Waals surface area contributed by atoms with Gasteiger partial charge in [-0.05, 0) is 33.9 Å². The summed E-state index contributed by atoms with van der Waals surface area (Å²) in [4.78, 5) is 13.5. The zero-order valence-corrected chi connectivity index (χ0v) is 11.6. The van der Waals surface area contributed by atoms with E-state index in [0.717, 1.165) is 43.4 Å². The fraction of sp³-hybridized carbons (Fsp3) is 0.692. The zero-order chi connectivity index (χ0) is 13.0. The molecule has 0 radical (unpaired) electrons. The molecule has 1 aromatic rings. The molecule has 1 aliphatic rings. The lowest BCUT2D eigenvalue weighted by molar-refractivity contribution is 0.360. The number of aromatic nitrogens is 2. The molecule has 5 heteroatoms. The summed E-state index contributed by atoms with van der Waals surface area (Å²) in [6, 6.07) is 0. The van der Waals surface area contributed by atoms with Crippen molar-refractivity contribution < 1.29 is 0 Å². The molecule has 0 atom stereocenters. The Labute approximate surface area is 109 Å². The highest BCUT2D eigenvalue weighted by Crippen LogP contribution is 2.22. The number of hydrogen-bond donors (Lipinski definition) is 1. The molecular weight excluding hydrogens is 226 g/mol. The van der Waals surface area contributed by atoms with Gasteiger partial charge in [-0.3, -0.25) is 0 Å². The van der Waals surface area contributed by atoms with E-state index in [-0.39, 0.29) is 0 Å². The van der Waals surface area contributed by atoms with Crippen molar-refractivity contribution in [2.45, 2.75) is 20.3 Å². The van der Waals surface area contributed by atoms with Gasteiger partial charge in [0.2, 0.25) is 0 Å². The van der Waals surface area contributed by atoms with E-state index < -0.39 is 0 Å². The Kier molecular flexibility index (Phi) is 4.36. The topological polar surface area (TPSA) is 44.3 Å². The summed E-state index contributed by atoms with van der Waals surface area (Å²) in [6.07, 6.45) is 2.85. The Morgan fingerprint density at radius 1 is 1.22 bits per heavy atom. The third-order valence-electron chi connectivity index (χ3n) is 3.42. The molecular formula is C13H23N5. The number of hydrogen-bond acceptors (Lipinski definition) is 5. The summed E-state index contributed by atoms with van der Waals surface area (Å²) in [5.74, 6) is 2.04. The van der Waals surface area contributed by atoms with Gasteiger partial charge < -0.3 is 15.1 Å². The van der Waals surface area contributed by atoms with Gasteiger partial charge in [0.25, 0.3) is 0 Å². The van der Waals surface area contributed by atoms with E-state index in [4.69, 9.17) is 0 Å². The number of rotatable bonds is 3. The maximum Gasteiger partial charge on any atom is 0.137 e. The third-order valence-corrected chi connectivity index (χ3v) is 3.42. The SMILES string of the molecule is CCNc1ncnc(N2CCCN(C)CC2)c1C. The smallest absolute Gasteiger partial charge is 0.137 e. The molecule has 0 spiro atoms. The molecule has 2 heterocycles. The van der Waals surface area contributed by atoms with Crippen molar-refractivity contribution in [3.8, 4) is 0 Å². The monoisotopic (exact) mass is 249 g/mol. The predicted molar refractivity (Wildman–Crippen MR) is 75.3 cm³/mol. The molecule has 0 aromatic carbocycles. The third kappa shape index (κ3) is 2.90. The first-order chi connectivity index (χ1) is 8.72. The quantitative estimate of drug-likeness (QED) is 0.876. The summed E-state index contributed by atoms with van der Waals surface area (Å²) in [5.41, 5.74) is 1.16. The Bertz CT molecular complexity index is 393. The van der Waals surface area contributed by atoms with Crippen molar-refractivity contribution in [3.63, 3.8) is 0 Å². The van der Waals surface area contributed by atoms with E-state index in [0.29, 0.717) is 0 Å². The van der Waals surface area contributed by atoms with Gasteiger partial charge in [-0.2, -0.15) is 0 Å². The van der Waals surface area contributed by atoms with Crippen molar-refractivity contribution in [2.24, 2.45) is 0 Å². The Morgan fingerprint density at radius 3 is 2.83 bits per heavy atom. The fourth-order valence-corrected chi connectivity index (χ4v) is 2.36. The van der Waals surface area contributed by atoms with Crippen LogP contribution in [0.5, 0.6) is 0 Å². The number of nitrogens with zero attached hydrogens (tertiary/aromatic N) is 4. The predicted octanol–water partition coefficient (Wildman–Crippen LogP) is 1.36. The van der Waals surface area contributed by atoms with Crippen LogP contribution in [-0.2, 0) is 0 Å². The zero-order valence-electron chi connectivity index (χ0n) is 11.6. The number of likely N-dealkylation sites (N-methyl/N-ethyl adjacent to an activating group) is 1. The molecule has 1 N–H and O–H groups in total. The van der Waals surface area contributed by atoms with Crippen LogP contribution in [0.2, 0.25) is 0 Å². The van der Waals surface area contributed by atoms with Crippen LogP contribution in [0.3, 0.4) is 0 Å². The van der Waals surface area contributed by atoms with E-state index in [9.17, 15) is 0 Å². The summed E-state index contributed by atoms with van der Waals surface area (Å²) >= 11 is 0. The lowest BCUT2D eigenvalue weighted by Crippen LogP contribution is -2.30. The molecule has 1 saturated heterocycles. The van der Waals surface area contributed by atoms with Crippen LogP contribution < -0.4 is 10.2 Å². The van der Waals surface area contributed by atoms with Gasteiger partial charge in [0.15, 0.2) is 0 Å². The minimum absolute atomic E-state index is 0.889. The fourth-order valence-electron chi connectivity index (χ4n) is 2.36. The molecule has 18 heavy (non-hydrogen) atoms. The van der Waals surface area contributed by atoms with E-state index >= 15 is 0 Å². The highest BCUT2D eigenvalue weighted by Gasteiger charge is 2.17. The largest absolute Gasteiger partial charge is 0.370 e. The minimum Gasteiger partial charge on any atom is -0.370 e. The van der Waals surface area contributed by atoms with Gasteiger partial charge in [-0.25, -0.2) is 9.97 Å². The van der Waals surface area contributed by atoms with Crippen molar-refractivity contribution in [2.75, 3.05) is 50.0 Å². The second-order valence-corrected chi connectivity index (χ2v) is 4.85. The van der Waals surface area contributed by atoms with Gasteiger partial charge in [-0.15, -0.1) is 0 Å². The molecule has 0 bridgehead atoms. The Balaban J connectivity index is 2.19. The number of nitrogens with one attached hydrogen (secondary N) is 1. The van der Waals surface area contributed by atoms with Crippen LogP contribution >= 0.6 is 0 Å². The molecule has 2 rings (SSSR count). The maximum absolute atomic E-state index is 4.47. The van der Waals surface area contributed by atoms with Crippen LogP contribution in [0.4, 0.5) is 11.6 Å². The molecule has 1 fully saturated rings. The Hall–Kier alpha value is -1.36. The van der Waals surface area contributed by atoms with Gasteiger partial charge >= 0.3 is 0 Å². The van der Waals surface area contributed by atoms with E-state index in [1.54, 1.807) is 6.33 Å². The van der Waals surface area contributed by atoms with Gasteiger partial charge in [0, 0.05) is 31.7 Å². The van der Waals surface area contributed by atoms with Crippen LogP contribution in [0.15, 0.2) is 6.33 Å². The molecule has 0 amide bonds. The summed E-state index contributed by atoms with van der Waals surface area (Å²) in [5, 5.41) is 3.29. The van der Waals surface area contributed by atoms with Crippen LogP contribution in [-0.4, -0.2) is 54.6 Å². The van der Waals surface area contributed by atoms with Crippen molar-refractivity contribution in [1.82, 2.24) is 14.9 Å². The summed E-state index contributed by atoms with van der Waals surface area (Å²) in [7, 11) is 2.18. The first-order valence-corrected chi connectivity index (χ1v) is 6.71. The van der Waals surface area contributed by atoms with Crippen molar-refractivity contribution in [3.05, 3.63) is 11.9 Å². The number of anilines is 2. The second kappa shape index (κ2) is 6.00. The minimum atomic E-state index is 0.889. The van der Waals surface area contributed by atoms with Gasteiger partial charge in [0.1, 0.15) is 18.0 Å². The van der Waals surface area contributed by atoms with Crippen LogP contribution in [0.25, 0.3) is 0 Å². The Morgan fingerprint density at radius 2 is 2.06 bits per heavy atom. The maximum atomic E-state index is 4.47. The van der Waals surface area contributed by atoms with Crippen LogP contribution in [0, 0.1) is 6.92 Å². The average Bonchev–Trinajstić information content (AvgIpc) is 2.57. The molecule has 0 unspecified atom stereocenters. The molecule has 0 aliphatic carbocycles. The standard InChI is InChI=1S/C13H23N5/c1-4-14-12-11(2)13(16-10-15-12)18-7-5-6-17(3)8-9-18/h10H,4-9H2,1-3H3,(H,14,15,16). The highest BCUT2D eigenvalue weighted by molar-refractivity contribution is 5.57. The van der Waals surface area contributed by atoms with Gasteiger partial charge in [-0.1, -0.05) is 0 Å². The summed E-state index contributed by atoms with van der Waals surface area (Å²) < 4.78 is 0. The summed E-state index contributed by atoms with van der Waals surface area (Å²) in [6.45, 7) is 9.46. The normalized spacial score (nSPS) is 17.6. The highest BCUT2D eigenvalue weighted by atomic mass is 15.2. The molecule has 0 saturated carbocycles. The van der Waals surface area contributed by atoms with Crippen molar-refractivity contribution >= 4 is 11.6 Å². The lowest BCUT2D eigenvalue weighted by Gasteiger charge is -2.24. The first kappa shape index (κ1) is 13.1. The van der Waals surface area contributed by atoms with E-state index in [1.807, 2.05) is 0 Å². The molecule has 1 aromatic heterocycles. The lowest BCUT2D eigenvalue weighted by atomic mass is 10.2. The van der Waals surface area contributed by atoms with Gasteiger partial charge in [0.05, 0.1) is 0 Å². The van der Waals surface area contributed by atoms with Crippen molar-refractivity contribution in [1.29, 1.82) is 0 Å². The average molecular weight is 249 g/mol. The molecule has 1 aliphatic heterocycles.